The van der Waals surface area contributed by atoms with Gasteiger partial charge in [0.05, 0.1) is 7.11 Å². The molecule has 2 aromatic rings. The van der Waals surface area contributed by atoms with E-state index in [2.05, 4.69) is 9.97 Å². The highest BCUT2D eigenvalue weighted by molar-refractivity contribution is 7.99. The number of halogens is 1. The van der Waals surface area contributed by atoms with Gasteiger partial charge in [-0.1, -0.05) is 17.8 Å². The van der Waals surface area contributed by atoms with E-state index in [0.717, 1.165) is 0 Å². The van der Waals surface area contributed by atoms with Gasteiger partial charge in [0.2, 0.25) is 0 Å². The van der Waals surface area contributed by atoms with E-state index in [1.54, 1.807) is 19.1 Å². The quantitative estimate of drug-likeness (QED) is 0.652. The minimum Gasteiger partial charge on any atom is -0.494 e. The van der Waals surface area contributed by atoms with E-state index in [1.165, 1.54) is 31.0 Å². The molecular formula is C14H16FN3O2S. The van der Waals surface area contributed by atoms with Crippen molar-refractivity contribution in [2.45, 2.75) is 18.1 Å². The lowest BCUT2D eigenvalue weighted by molar-refractivity contribution is 0.386. The maximum absolute atomic E-state index is 13.6. The lowest BCUT2D eigenvalue weighted by Gasteiger charge is -2.12. The van der Waals surface area contributed by atoms with E-state index in [-0.39, 0.29) is 17.4 Å². The molecule has 21 heavy (non-hydrogen) atoms. The van der Waals surface area contributed by atoms with E-state index in [1.807, 2.05) is 0 Å². The van der Waals surface area contributed by atoms with Gasteiger partial charge in [-0.3, -0.25) is 4.79 Å². The number of aromatic nitrogens is 2. The Morgan fingerprint density at radius 1 is 1.48 bits per heavy atom. The van der Waals surface area contributed by atoms with Crippen LogP contribution in [-0.2, 0) is 0 Å². The third-order valence-corrected chi connectivity index (χ3v) is 3.84. The summed E-state index contributed by atoms with van der Waals surface area (Å²) in [5, 5.41) is 0.504. The number of rotatable bonds is 5. The van der Waals surface area contributed by atoms with Crippen molar-refractivity contribution >= 4 is 11.8 Å². The molecule has 0 amide bonds. The Kier molecular flexibility index (Phi) is 4.98. The van der Waals surface area contributed by atoms with Gasteiger partial charge in [0, 0.05) is 23.6 Å². The van der Waals surface area contributed by atoms with Gasteiger partial charge in [0.1, 0.15) is 0 Å². The van der Waals surface area contributed by atoms with E-state index in [4.69, 9.17) is 10.5 Å². The first-order chi connectivity index (χ1) is 9.99. The summed E-state index contributed by atoms with van der Waals surface area (Å²) in [6.45, 7) is 1.75. The van der Waals surface area contributed by atoms with Crippen molar-refractivity contribution in [3.8, 4) is 5.75 Å². The van der Waals surface area contributed by atoms with Crippen LogP contribution >= 0.6 is 11.8 Å². The van der Waals surface area contributed by atoms with Crippen LogP contribution in [0.15, 0.2) is 34.2 Å². The lowest BCUT2D eigenvalue weighted by atomic mass is 10.1. The number of hydrogen-bond donors (Lipinski definition) is 2. The van der Waals surface area contributed by atoms with E-state index >= 15 is 0 Å². The highest BCUT2D eigenvalue weighted by Gasteiger charge is 2.11. The van der Waals surface area contributed by atoms with Crippen LogP contribution in [0.3, 0.4) is 0 Å². The van der Waals surface area contributed by atoms with Crippen molar-refractivity contribution in [1.29, 1.82) is 0 Å². The van der Waals surface area contributed by atoms with Crippen LogP contribution in [-0.4, -0.2) is 22.8 Å². The molecule has 7 heteroatoms. The van der Waals surface area contributed by atoms with Crippen molar-refractivity contribution in [3.63, 3.8) is 0 Å². The van der Waals surface area contributed by atoms with E-state index < -0.39 is 5.82 Å². The fourth-order valence-electron chi connectivity index (χ4n) is 1.80. The normalized spacial score (nSPS) is 12.2. The smallest absolute Gasteiger partial charge is 0.251 e. The number of hydrogen-bond acceptors (Lipinski definition) is 5. The average molecular weight is 309 g/mol. The topological polar surface area (TPSA) is 81.0 Å². The molecule has 0 saturated heterocycles. The molecule has 1 aromatic carbocycles. The molecule has 1 atom stereocenters. The zero-order valence-corrected chi connectivity index (χ0v) is 12.5. The molecule has 0 bridgehead atoms. The van der Waals surface area contributed by atoms with Crippen LogP contribution < -0.4 is 16.0 Å². The summed E-state index contributed by atoms with van der Waals surface area (Å²) < 4.78 is 18.5. The molecule has 0 radical (unpaired) electrons. The van der Waals surface area contributed by atoms with E-state index in [9.17, 15) is 9.18 Å². The molecule has 1 unspecified atom stereocenters. The number of nitrogens with one attached hydrogen (secondary N) is 1. The Bertz CT molecular complexity index is 690. The molecule has 0 saturated carbocycles. The summed E-state index contributed by atoms with van der Waals surface area (Å²) in [6.07, 6.45) is 0. The first-order valence-electron chi connectivity index (χ1n) is 6.29. The number of methoxy groups -OCH3 is 1. The molecule has 1 heterocycles. The third-order valence-electron chi connectivity index (χ3n) is 2.85. The number of thioether (sulfide) groups is 1. The number of aromatic amines is 1. The van der Waals surface area contributed by atoms with Crippen molar-refractivity contribution in [3.05, 3.63) is 51.7 Å². The molecule has 5 nitrogen and oxygen atoms in total. The monoisotopic (exact) mass is 309 g/mol. The van der Waals surface area contributed by atoms with E-state index in [0.29, 0.717) is 22.2 Å². The van der Waals surface area contributed by atoms with Crippen LogP contribution in [0.5, 0.6) is 5.75 Å². The number of nitrogens with zero attached hydrogens (tertiary/aromatic N) is 1. The third kappa shape index (κ3) is 4.05. The van der Waals surface area contributed by atoms with Crippen LogP contribution in [0, 0.1) is 12.7 Å². The molecule has 3 N–H and O–H groups in total. The highest BCUT2D eigenvalue weighted by atomic mass is 32.2. The molecule has 2 rings (SSSR count). The SMILES string of the molecule is COc1ccc(C(N)CSc2nc(C)cc(=O)[nH]2)cc1F. The number of ether oxygens (including phenoxy) is 1. The van der Waals surface area contributed by atoms with Gasteiger partial charge < -0.3 is 15.5 Å². The van der Waals surface area contributed by atoms with Crippen LogP contribution in [0.4, 0.5) is 4.39 Å². The zero-order chi connectivity index (χ0) is 15.4. The van der Waals surface area contributed by atoms with Gasteiger partial charge in [-0.25, -0.2) is 9.37 Å². The summed E-state index contributed by atoms with van der Waals surface area (Å²) in [4.78, 5) is 18.2. The molecular weight excluding hydrogens is 293 g/mol. The predicted molar refractivity (Wildman–Crippen MR) is 80.2 cm³/mol. The van der Waals surface area contributed by atoms with Gasteiger partial charge in [-0.2, -0.15) is 0 Å². The van der Waals surface area contributed by atoms with Gasteiger partial charge >= 0.3 is 0 Å². The second-order valence-electron chi connectivity index (χ2n) is 4.50. The largest absolute Gasteiger partial charge is 0.494 e. The summed E-state index contributed by atoms with van der Waals surface area (Å²) in [5.41, 5.74) is 7.14. The Balaban J connectivity index is 2.06. The molecule has 0 fully saturated rings. The fourth-order valence-corrected chi connectivity index (χ4v) is 2.71. The average Bonchev–Trinajstić information content (AvgIpc) is 2.43. The lowest BCUT2D eigenvalue weighted by Crippen LogP contribution is -2.15. The second-order valence-corrected chi connectivity index (χ2v) is 5.51. The highest BCUT2D eigenvalue weighted by Crippen LogP contribution is 2.24. The first-order valence-corrected chi connectivity index (χ1v) is 7.28. The van der Waals surface area contributed by atoms with Crippen molar-refractivity contribution < 1.29 is 9.13 Å². The standard InChI is InChI=1S/C14H16FN3O2S/c1-8-5-13(19)18-14(17-8)21-7-11(16)9-3-4-12(20-2)10(15)6-9/h3-6,11H,7,16H2,1-2H3,(H,17,18,19). The minimum atomic E-state index is -0.447. The minimum absolute atomic E-state index is 0.184. The molecule has 0 aliphatic carbocycles. The zero-order valence-electron chi connectivity index (χ0n) is 11.7. The second kappa shape index (κ2) is 6.73. The Labute approximate surface area is 125 Å². The Morgan fingerprint density at radius 3 is 2.86 bits per heavy atom. The fraction of sp³-hybridized carbons (Fsp3) is 0.286. The van der Waals surface area contributed by atoms with Gasteiger partial charge in [0.25, 0.3) is 5.56 Å². The predicted octanol–water partition coefficient (Wildman–Crippen LogP) is 2.02. The first kappa shape index (κ1) is 15.5. The van der Waals surface area contributed by atoms with Crippen LogP contribution in [0.25, 0.3) is 0 Å². The van der Waals surface area contributed by atoms with Crippen molar-refractivity contribution in [2.75, 3.05) is 12.9 Å². The number of aryl methyl sites for hydroxylation is 1. The van der Waals surface area contributed by atoms with Crippen LogP contribution in [0.2, 0.25) is 0 Å². The molecule has 0 aliphatic rings. The summed E-state index contributed by atoms with van der Waals surface area (Å²) >= 11 is 1.32. The van der Waals surface area contributed by atoms with Gasteiger partial charge in [0.15, 0.2) is 16.7 Å². The maximum Gasteiger partial charge on any atom is 0.251 e. The summed E-state index contributed by atoms with van der Waals surface area (Å²) in [7, 11) is 1.41. The van der Waals surface area contributed by atoms with Crippen molar-refractivity contribution in [1.82, 2.24) is 9.97 Å². The molecule has 112 valence electrons. The van der Waals surface area contributed by atoms with Crippen molar-refractivity contribution in [2.24, 2.45) is 5.73 Å². The molecule has 0 aliphatic heterocycles. The van der Waals surface area contributed by atoms with Gasteiger partial charge in [-0.15, -0.1) is 0 Å². The summed E-state index contributed by atoms with van der Waals surface area (Å²) in [5.74, 6) is 0.207. The Hall–Kier alpha value is -1.86. The summed E-state index contributed by atoms with van der Waals surface area (Å²) in [6, 6.07) is 5.67. The molecule has 1 aromatic heterocycles. The maximum atomic E-state index is 13.6. The number of nitrogens with two attached hydrogens (primary N) is 1. The van der Waals surface area contributed by atoms with Gasteiger partial charge in [-0.05, 0) is 24.6 Å². The molecule has 0 spiro atoms. The number of benzene rings is 1. The van der Waals surface area contributed by atoms with Crippen LogP contribution in [0.1, 0.15) is 17.3 Å². The number of H-pyrrole nitrogens is 1. The Morgan fingerprint density at radius 2 is 2.24 bits per heavy atom.